The Bertz CT molecular complexity index is 918. The zero-order valence-corrected chi connectivity index (χ0v) is 15.6. The summed E-state index contributed by atoms with van der Waals surface area (Å²) in [7, 11) is 0. The Morgan fingerprint density at radius 3 is 2.41 bits per heavy atom. The van der Waals surface area contributed by atoms with E-state index < -0.39 is 0 Å². The fraction of sp³-hybridized carbons (Fsp3) is 0.238. The summed E-state index contributed by atoms with van der Waals surface area (Å²) in [4.78, 5) is 20.6. The molecule has 3 aromatic rings. The molecule has 4 nitrogen and oxygen atoms in total. The molecule has 0 aliphatic carbocycles. The van der Waals surface area contributed by atoms with Crippen molar-refractivity contribution in [2.75, 3.05) is 23.3 Å². The van der Waals surface area contributed by atoms with Crippen molar-refractivity contribution in [3.8, 4) is 11.3 Å². The van der Waals surface area contributed by atoms with Crippen molar-refractivity contribution in [2.45, 2.75) is 19.3 Å². The number of rotatable bonds is 4. The Hall–Kier alpha value is -2.73. The second kappa shape index (κ2) is 7.88. The molecule has 138 valence electrons. The van der Waals surface area contributed by atoms with E-state index in [1.807, 2.05) is 30.3 Å². The lowest BCUT2D eigenvalue weighted by Gasteiger charge is -2.25. The van der Waals surface area contributed by atoms with Gasteiger partial charge in [-0.1, -0.05) is 41.7 Å². The van der Waals surface area contributed by atoms with Crippen molar-refractivity contribution in [1.82, 2.24) is 4.98 Å². The van der Waals surface area contributed by atoms with Crippen LogP contribution in [0.5, 0.6) is 0 Å². The summed E-state index contributed by atoms with van der Waals surface area (Å²) in [5.74, 6) is -0.552. The van der Waals surface area contributed by atoms with Gasteiger partial charge in [-0.2, -0.15) is 0 Å². The van der Waals surface area contributed by atoms with Crippen LogP contribution >= 0.6 is 11.3 Å². The summed E-state index contributed by atoms with van der Waals surface area (Å²) >= 11 is 1.42. The number of amides is 1. The fourth-order valence-corrected chi connectivity index (χ4v) is 4.23. The quantitative estimate of drug-likeness (QED) is 0.676. The minimum Gasteiger partial charge on any atom is -0.348 e. The predicted molar refractivity (Wildman–Crippen MR) is 108 cm³/mol. The van der Waals surface area contributed by atoms with Gasteiger partial charge in [0.1, 0.15) is 10.7 Å². The molecule has 0 bridgehead atoms. The number of hydrogen-bond acceptors (Lipinski definition) is 4. The molecule has 2 heterocycles. The first-order chi connectivity index (χ1) is 13.2. The maximum absolute atomic E-state index is 13.1. The lowest BCUT2D eigenvalue weighted by atomic mass is 10.1. The fourth-order valence-electron chi connectivity index (χ4n) is 3.20. The van der Waals surface area contributed by atoms with E-state index in [0.29, 0.717) is 16.3 Å². The molecule has 1 amide bonds. The Morgan fingerprint density at radius 2 is 1.70 bits per heavy atom. The van der Waals surface area contributed by atoms with Gasteiger partial charge in [-0.3, -0.25) is 4.79 Å². The summed E-state index contributed by atoms with van der Waals surface area (Å²) in [6.07, 6.45) is 3.54. The van der Waals surface area contributed by atoms with Crippen LogP contribution in [0.15, 0.2) is 54.6 Å². The number of nitrogens with zero attached hydrogens (tertiary/aromatic N) is 2. The highest BCUT2D eigenvalue weighted by Crippen LogP contribution is 2.34. The van der Waals surface area contributed by atoms with E-state index in [1.54, 1.807) is 12.1 Å². The lowest BCUT2D eigenvalue weighted by Crippen LogP contribution is -2.29. The van der Waals surface area contributed by atoms with Crippen LogP contribution < -0.4 is 10.2 Å². The van der Waals surface area contributed by atoms with E-state index in [4.69, 9.17) is 4.98 Å². The molecule has 0 radical (unpaired) electrons. The summed E-state index contributed by atoms with van der Waals surface area (Å²) in [5.41, 5.74) is 2.18. The third kappa shape index (κ3) is 4.01. The normalized spacial score (nSPS) is 14.2. The van der Waals surface area contributed by atoms with Gasteiger partial charge in [0.2, 0.25) is 0 Å². The van der Waals surface area contributed by atoms with E-state index >= 15 is 0 Å². The number of aromatic nitrogens is 1. The average molecular weight is 381 g/mol. The highest BCUT2D eigenvalue weighted by molar-refractivity contribution is 7.18. The van der Waals surface area contributed by atoms with Gasteiger partial charge in [0.15, 0.2) is 5.13 Å². The second-order valence-electron chi connectivity index (χ2n) is 6.55. The number of halogens is 1. The average Bonchev–Trinajstić information content (AvgIpc) is 3.17. The van der Waals surface area contributed by atoms with Crippen molar-refractivity contribution in [3.63, 3.8) is 0 Å². The first-order valence-electron chi connectivity index (χ1n) is 9.09. The van der Waals surface area contributed by atoms with Gasteiger partial charge >= 0.3 is 0 Å². The van der Waals surface area contributed by atoms with Crippen LogP contribution in [-0.4, -0.2) is 24.0 Å². The number of piperidine rings is 1. The van der Waals surface area contributed by atoms with E-state index in [-0.39, 0.29) is 11.7 Å². The van der Waals surface area contributed by atoms with Crippen molar-refractivity contribution < 1.29 is 9.18 Å². The number of hydrogen-bond donors (Lipinski definition) is 1. The molecule has 1 saturated heterocycles. The Labute approximate surface area is 161 Å². The monoisotopic (exact) mass is 381 g/mol. The van der Waals surface area contributed by atoms with Gasteiger partial charge in [-0.05, 0) is 43.5 Å². The van der Waals surface area contributed by atoms with Crippen molar-refractivity contribution in [1.29, 1.82) is 0 Å². The topological polar surface area (TPSA) is 45.2 Å². The van der Waals surface area contributed by atoms with Crippen LogP contribution in [0.2, 0.25) is 0 Å². The predicted octanol–water partition coefficient (Wildman–Crippen LogP) is 5.19. The highest BCUT2D eigenvalue weighted by Gasteiger charge is 2.23. The van der Waals surface area contributed by atoms with Crippen LogP contribution in [0, 0.1) is 5.82 Å². The van der Waals surface area contributed by atoms with E-state index in [0.717, 1.165) is 36.6 Å². The largest absolute Gasteiger partial charge is 0.348 e. The molecule has 27 heavy (non-hydrogen) atoms. The Balaban J connectivity index is 1.67. The highest BCUT2D eigenvalue weighted by atomic mass is 32.1. The SMILES string of the molecule is O=C(Nc1ccc(F)cc1)c1sc(N2CCCCC2)nc1-c1ccccc1. The zero-order chi connectivity index (χ0) is 18.6. The van der Waals surface area contributed by atoms with Gasteiger partial charge in [-0.15, -0.1) is 0 Å². The lowest BCUT2D eigenvalue weighted by molar-refractivity contribution is 0.103. The van der Waals surface area contributed by atoms with E-state index in [2.05, 4.69) is 10.2 Å². The van der Waals surface area contributed by atoms with Crippen LogP contribution in [0.25, 0.3) is 11.3 Å². The molecule has 1 fully saturated rings. The number of benzene rings is 2. The van der Waals surface area contributed by atoms with Crippen LogP contribution in [-0.2, 0) is 0 Å². The van der Waals surface area contributed by atoms with Crippen molar-refractivity contribution >= 4 is 28.1 Å². The molecule has 2 aromatic carbocycles. The molecule has 0 atom stereocenters. The summed E-state index contributed by atoms with van der Waals surface area (Å²) in [6, 6.07) is 15.5. The minimum absolute atomic E-state index is 0.221. The van der Waals surface area contributed by atoms with Crippen LogP contribution in [0.1, 0.15) is 28.9 Å². The standard InChI is InChI=1S/C21H20FN3OS/c22-16-9-11-17(12-10-16)23-20(26)19-18(15-7-3-1-4-8-15)24-21(27-19)25-13-5-2-6-14-25/h1,3-4,7-12H,2,5-6,13-14H2,(H,23,26). The van der Waals surface area contributed by atoms with Crippen LogP contribution in [0.3, 0.4) is 0 Å². The molecule has 1 aromatic heterocycles. The third-order valence-electron chi connectivity index (χ3n) is 4.60. The zero-order valence-electron chi connectivity index (χ0n) is 14.8. The number of anilines is 2. The van der Waals surface area contributed by atoms with Crippen molar-refractivity contribution in [2.24, 2.45) is 0 Å². The molecular weight excluding hydrogens is 361 g/mol. The van der Waals surface area contributed by atoms with E-state index in [1.165, 1.54) is 29.9 Å². The van der Waals surface area contributed by atoms with Crippen LogP contribution in [0.4, 0.5) is 15.2 Å². The molecule has 6 heteroatoms. The third-order valence-corrected chi connectivity index (χ3v) is 5.71. The number of nitrogens with one attached hydrogen (secondary N) is 1. The van der Waals surface area contributed by atoms with E-state index in [9.17, 15) is 9.18 Å². The van der Waals surface area contributed by atoms with Gasteiger partial charge in [-0.25, -0.2) is 9.37 Å². The van der Waals surface area contributed by atoms with Gasteiger partial charge < -0.3 is 10.2 Å². The van der Waals surface area contributed by atoms with Gasteiger partial charge in [0.05, 0.1) is 5.69 Å². The van der Waals surface area contributed by atoms with Gasteiger partial charge in [0.25, 0.3) is 5.91 Å². The molecule has 4 rings (SSSR count). The number of thiazole rings is 1. The maximum atomic E-state index is 13.1. The summed E-state index contributed by atoms with van der Waals surface area (Å²) in [5, 5.41) is 3.75. The number of carbonyl (C=O) groups is 1. The number of carbonyl (C=O) groups excluding carboxylic acids is 1. The smallest absolute Gasteiger partial charge is 0.268 e. The summed E-state index contributed by atoms with van der Waals surface area (Å²) < 4.78 is 13.1. The minimum atomic E-state index is -0.330. The second-order valence-corrected chi connectivity index (χ2v) is 7.53. The molecule has 0 spiro atoms. The maximum Gasteiger partial charge on any atom is 0.268 e. The first-order valence-corrected chi connectivity index (χ1v) is 9.90. The van der Waals surface area contributed by atoms with Gasteiger partial charge in [0, 0.05) is 24.3 Å². The molecular formula is C21H20FN3OS. The molecule has 0 saturated carbocycles. The molecule has 0 unspecified atom stereocenters. The molecule has 1 aliphatic heterocycles. The van der Waals surface area contributed by atoms with Crippen molar-refractivity contribution in [3.05, 3.63) is 65.3 Å². The molecule has 1 aliphatic rings. The summed E-state index contributed by atoms with van der Waals surface area (Å²) in [6.45, 7) is 1.95. The Morgan fingerprint density at radius 1 is 1.00 bits per heavy atom. The Kier molecular flexibility index (Phi) is 5.16. The molecule has 1 N–H and O–H groups in total. The first kappa shape index (κ1) is 17.7.